The van der Waals surface area contributed by atoms with E-state index in [0.717, 1.165) is 12.8 Å². The molecule has 0 bridgehead atoms. The van der Waals surface area contributed by atoms with Gasteiger partial charge in [-0.2, -0.15) is 0 Å². The topological polar surface area (TPSA) is 29.1 Å². The summed E-state index contributed by atoms with van der Waals surface area (Å²) >= 11 is 0. The van der Waals surface area contributed by atoms with Gasteiger partial charge in [0, 0.05) is 13.0 Å². The van der Waals surface area contributed by atoms with Gasteiger partial charge in [0.25, 0.3) is 0 Å². The van der Waals surface area contributed by atoms with Gasteiger partial charge < -0.3 is 5.32 Å². The maximum atomic E-state index is 11.9. The zero-order valence-corrected chi connectivity index (χ0v) is 12.9. The highest BCUT2D eigenvalue weighted by Crippen LogP contribution is 2.20. The molecule has 0 aliphatic heterocycles. The first-order valence-corrected chi connectivity index (χ1v) is 8.56. The zero-order chi connectivity index (χ0) is 13.8. The number of nitrogens with one attached hydrogen (secondary N) is 1. The van der Waals surface area contributed by atoms with Crippen molar-refractivity contribution in [2.24, 2.45) is 5.92 Å². The lowest BCUT2D eigenvalue weighted by molar-refractivity contribution is -0.125. The molecule has 0 aromatic heterocycles. The number of carbonyl (C=O) groups excluding carboxylic acids is 1. The molecule has 0 aromatic rings. The van der Waals surface area contributed by atoms with Crippen molar-refractivity contribution in [3.63, 3.8) is 0 Å². The Kier molecular flexibility index (Phi) is 9.84. The minimum atomic E-state index is 0.268. The van der Waals surface area contributed by atoms with Crippen LogP contribution in [0.3, 0.4) is 0 Å². The average Bonchev–Trinajstić information content (AvgIpc) is 2.44. The summed E-state index contributed by atoms with van der Waals surface area (Å²) in [7, 11) is 1.78. The Balaban J connectivity index is 2.31. The van der Waals surface area contributed by atoms with Crippen molar-refractivity contribution in [3.8, 4) is 0 Å². The molecular weight excluding hydrogens is 234 g/mol. The van der Waals surface area contributed by atoms with E-state index in [1.54, 1.807) is 7.05 Å². The summed E-state index contributed by atoms with van der Waals surface area (Å²) in [5.41, 5.74) is 0. The summed E-state index contributed by atoms with van der Waals surface area (Å²) in [6.45, 7) is 0. The summed E-state index contributed by atoms with van der Waals surface area (Å²) in [5, 5.41) is 2.84. The monoisotopic (exact) mass is 267 g/mol. The highest BCUT2D eigenvalue weighted by Gasteiger charge is 2.16. The van der Waals surface area contributed by atoms with Gasteiger partial charge in [-0.3, -0.25) is 4.79 Å². The molecule has 1 N–H and O–H groups in total. The highest BCUT2D eigenvalue weighted by atomic mass is 16.1. The van der Waals surface area contributed by atoms with Crippen LogP contribution in [0.4, 0.5) is 0 Å². The third kappa shape index (κ3) is 8.28. The minimum Gasteiger partial charge on any atom is -0.359 e. The van der Waals surface area contributed by atoms with Crippen LogP contribution in [0.5, 0.6) is 0 Å². The summed E-state index contributed by atoms with van der Waals surface area (Å²) < 4.78 is 0. The average molecular weight is 267 g/mol. The van der Waals surface area contributed by atoms with Gasteiger partial charge in [0.05, 0.1) is 0 Å². The van der Waals surface area contributed by atoms with E-state index in [1.165, 1.54) is 77.0 Å². The molecule has 19 heavy (non-hydrogen) atoms. The van der Waals surface area contributed by atoms with Crippen LogP contribution < -0.4 is 5.32 Å². The maximum absolute atomic E-state index is 11.9. The normalized spacial score (nSPS) is 22.2. The van der Waals surface area contributed by atoms with Crippen molar-refractivity contribution < 1.29 is 4.79 Å². The second-order valence-electron chi connectivity index (χ2n) is 6.13. The number of hydrogen-bond donors (Lipinski definition) is 1. The Hall–Kier alpha value is -0.530. The SMILES string of the molecule is CNC(=O)C1CCCCCCCCCCCCCC1. The molecule has 0 atom stereocenters. The van der Waals surface area contributed by atoms with Crippen molar-refractivity contribution >= 4 is 5.91 Å². The van der Waals surface area contributed by atoms with Gasteiger partial charge in [-0.05, 0) is 12.8 Å². The lowest BCUT2D eigenvalue weighted by Crippen LogP contribution is -2.27. The zero-order valence-electron chi connectivity index (χ0n) is 12.9. The largest absolute Gasteiger partial charge is 0.359 e. The molecule has 1 aliphatic carbocycles. The van der Waals surface area contributed by atoms with E-state index in [-0.39, 0.29) is 11.8 Å². The van der Waals surface area contributed by atoms with Crippen LogP contribution in [0.15, 0.2) is 0 Å². The van der Waals surface area contributed by atoms with E-state index >= 15 is 0 Å². The van der Waals surface area contributed by atoms with Gasteiger partial charge >= 0.3 is 0 Å². The third-order valence-corrected chi connectivity index (χ3v) is 4.47. The Morgan fingerprint density at radius 3 is 1.32 bits per heavy atom. The first-order chi connectivity index (χ1) is 9.34. The summed E-state index contributed by atoms with van der Waals surface area (Å²) in [6.07, 6.45) is 18.5. The molecule has 112 valence electrons. The van der Waals surface area contributed by atoms with Gasteiger partial charge in [0.2, 0.25) is 5.91 Å². The number of carbonyl (C=O) groups is 1. The molecule has 2 nitrogen and oxygen atoms in total. The Bertz CT molecular complexity index is 211. The predicted octanol–water partition coefficient (Wildman–Crippen LogP) is 4.82. The van der Waals surface area contributed by atoms with Crippen molar-refractivity contribution in [3.05, 3.63) is 0 Å². The highest BCUT2D eigenvalue weighted by molar-refractivity contribution is 5.78. The molecule has 1 saturated carbocycles. The lowest BCUT2D eigenvalue weighted by atomic mass is 9.93. The standard InChI is InChI=1S/C17H33NO/c1-18-17(19)16-14-12-10-8-6-4-2-3-5-7-9-11-13-15-16/h16H,2-15H2,1H3,(H,18,19). The fourth-order valence-corrected chi connectivity index (χ4v) is 3.16. The van der Waals surface area contributed by atoms with E-state index in [9.17, 15) is 4.79 Å². The Labute approximate surface area is 119 Å². The molecule has 1 fully saturated rings. The first kappa shape index (κ1) is 16.5. The van der Waals surface area contributed by atoms with Crippen LogP contribution in [-0.4, -0.2) is 13.0 Å². The van der Waals surface area contributed by atoms with Crippen molar-refractivity contribution in [2.45, 2.75) is 89.9 Å². The molecule has 0 spiro atoms. The third-order valence-electron chi connectivity index (χ3n) is 4.47. The van der Waals surface area contributed by atoms with Gasteiger partial charge in [-0.25, -0.2) is 0 Å². The molecule has 2 heteroatoms. The van der Waals surface area contributed by atoms with E-state index in [2.05, 4.69) is 5.32 Å². The van der Waals surface area contributed by atoms with Crippen molar-refractivity contribution in [1.29, 1.82) is 0 Å². The van der Waals surface area contributed by atoms with Crippen LogP contribution in [0.25, 0.3) is 0 Å². The molecule has 0 radical (unpaired) electrons. The fraction of sp³-hybridized carbons (Fsp3) is 0.941. The number of hydrogen-bond acceptors (Lipinski definition) is 1. The van der Waals surface area contributed by atoms with Crippen molar-refractivity contribution in [2.75, 3.05) is 7.05 Å². The molecule has 1 aliphatic rings. The lowest BCUT2D eigenvalue weighted by Gasteiger charge is -2.15. The van der Waals surface area contributed by atoms with Crippen LogP contribution in [-0.2, 0) is 4.79 Å². The van der Waals surface area contributed by atoms with E-state index in [4.69, 9.17) is 0 Å². The smallest absolute Gasteiger partial charge is 0.222 e. The molecular formula is C17H33NO. The molecule has 1 rings (SSSR count). The van der Waals surface area contributed by atoms with Crippen LogP contribution >= 0.6 is 0 Å². The molecule has 0 unspecified atom stereocenters. The predicted molar refractivity (Wildman–Crippen MR) is 82.2 cm³/mol. The summed E-state index contributed by atoms with van der Waals surface area (Å²) in [5.74, 6) is 0.541. The molecule has 0 saturated heterocycles. The van der Waals surface area contributed by atoms with Gasteiger partial charge in [0.1, 0.15) is 0 Å². The number of amides is 1. The van der Waals surface area contributed by atoms with Gasteiger partial charge in [0.15, 0.2) is 0 Å². The molecule has 0 heterocycles. The van der Waals surface area contributed by atoms with Crippen molar-refractivity contribution in [1.82, 2.24) is 5.32 Å². The fourth-order valence-electron chi connectivity index (χ4n) is 3.16. The Morgan fingerprint density at radius 2 is 1.00 bits per heavy atom. The van der Waals surface area contributed by atoms with Crippen LogP contribution in [0, 0.1) is 5.92 Å². The van der Waals surface area contributed by atoms with E-state index < -0.39 is 0 Å². The quantitative estimate of drug-likeness (QED) is 0.725. The van der Waals surface area contributed by atoms with Gasteiger partial charge in [-0.15, -0.1) is 0 Å². The van der Waals surface area contributed by atoms with Crippen LogP contribution in [0.1, 0.15) is 89.9 Å². The summed E-state index contributed by atoms with van der Waals surface area (Å²) in [4.78, 5) is 11.9. The maximum Gasteiger partial charge on any atom is 0.222 e. The van der Waals surface area contributed by atoms with E-state index in [0.29, 0.717) is 0 Å². The second-order valence-corrected chi connectivity index (χ2v) is 6.13. The Morgan fingerprint density at radius 1 is 0.684 bits per heavy atom. The van der Waals surface area contributed by atoms with Crippen LogP contribution in [0.2, 0.25) is 0 Å². The first-order valence-electron chi connectivity index (χ1n) is 8.56. The molecule has 0 aromatic carbocycles. The number of rotatable bonds is 1. The molecule has 1 amide bonds. The van der Waals surface area contributed by atoms with E-state index in [1.807, 2.05) is 0 Å². The minimum absolute atomic E-state index is 0.268. The second kappa shape index (κ2) is 11.3. The summed E-state index contributed by atoms with van der Waals surface area (Å²) in [6, 6.07) is 0. The van der Waals surface area contributed by atoms with Gasteiger partial charge in [-0.1, -0.05) is 77.0 Å².